The average molecular weight is 460 g/mol. The van der Waals surface area contributed by atoms with E-state index in [4.69, 9.17) is 9.47 Å². The van der Waals surface area contributed by atoms with Crippen molar-refractivity contribution in [3.8, 4) is 11.5 Å². The number of nitro benzene ring substituents is 1. The number of methoxy groups -OCH3 is 2. The van der Waals surface area contributed by atoms with Gasteiger partial charge in [-0.25, -0.2) is 0 Å². The molecule has 4 rings (SSSR count). The highest BCUT2D eigenvalue weighted by molar-refractivity contribution is 6.51. The van der Waals surface area contributed by atoms with E-state index in [0.717, 1.165) is 0 Å². The predicted octanol–water partition coefficient (Wildman–Crippen LogP) is 4.24. The van der Waals surface area contributed by atoms with Gasteiger partial charge in [0.15, 0.2) is 0 Å². The molecule has 0 spiro atoms. The van der Waals surface area contributed by atoms with Crippen molar-refractivity contribution >= 4 is 28.8 Å². The van der Waals surface area contributed by atoms with Crippen LogP contribution in [-0.2, 0) is 9.59 Å². The molecule has 172 valence electrons. The number of aliphatic hydroxyl groups excluding tert-OH is 1. The van der Waals surface area contributed by atoms with Crippen molar-refractivity contribution in [2.24, 2.45) is 0 Å². The van der Waals surface area contributed by atoms with Crippen molar-refractivity contribution in [3.05, 3.63) is 99.6 Å². The number of Topliss-reactive ketones (excluding diaryl/α,β-unsaturated/α-hetero) is 1. The highest BCUT2D eigenvalue weighted by Crippen LogP contribution is 2.45. The van der Waals surface area contributed by atoms with Crippen LogP contribution in [0.2, 0.25) is 0 Å². The normalized spacial score (nSPS) is 17.0. The van der Waals surface area contributed by atoms with Gasteiger partial charge in [-0.3, -0.25) is 24.6 Å². The number of ketones is 1. The quantitative estimate of drug-likeness (QED) is 0.192. The molecule has 1 aliphatic rings. The summed E-state index contributed by atoms with van der Waals surface area (Å²) in [6.07, 6.45) is 0. The highest BCUT2D eigenvalue weighted by Gasteiger charge is 2.48. The lowest BCUT2D eigenvalue weighted by atomic mass is 9.94. The van der Waals surface area contributed by atoms with Crippen molar-refractivity contribution in [1.29, 1.82) is 0 Å². The maximum absolute atomic E-state index is 13.2. The van der Waals surface area contributed by atoms with E-state index in [1.807, 2.05) is 0 Å². The zero-order chi connectivity index (χ0) is 24.4. The molecule has 1 atom stereocenters. The Hall–Kier alpha value is -4.66. The minimum Gasteiger partial charge on any atom is -0.507 e. The molecular formula is C25H20N2O7. The lowest BCUT2D eigenvalue weighted by Crippen LogP contribution is -2.29. The van der Waals surface area contributed by atoms with Crippen LogP contribution in [-0.4, -0.2) is 35.9 Å². The largest absolute Gasteiger partial charge is 0.507 e. The van der Waals surface area contributed by atoms with Crippen LogP contribution in [0.3, 0.4) is 0 Å². The summed E-state index contributed by atoms with van der Waals surface area (Å²) in [6, 6.07) is 17.6. The number of rotatable bonds is 6. The van der Waals surface area contributed by atoms with E-state index in [2.05, 4.69) is 0 Å². The first kappa shape index (κ1) is 22.5. The minimum atomic E-state index is -1.02. The molecule has 0 bridgehead atoms. The van der Waals surface area contributed by atoms with Gasteiger partial charge in [-0.1, -0.05) is 18.2 Å². The summed E-state index contributed by atoms with van der Waals surface area (Å²) in [5.41, 5.74) is 0.736. The first-order valence-electron chi connectivity index (χ1n) is 10.2. The summed E-state index contributed by atoms with van der Waals surface area (Å²) in [6.45, 7) is 0. The highest BCUT2D eigenvalue weighted by atomic mass is 16.6. The van der Waals surface area contributed by atoms with Gasteiger partial charge in [0.25, 0.3) is 17.4 Å². The van der Waals surface area contributed by atoms with Crippen molar-refractivity contribution in [3.63, 3.8) is 0 Å². The Bertz CT molecular complexity index is 1300. The number of carbonyl (C=O) groups is 2. The van der Waals surface area contributed by atoms with Gasteiger partial charge in [0.1, 0.15) is 17.3 Å². The molecule has 1 heterocycles. The van der Waals surface area contributed by atoms with Gasteiger partial charge < -0.3 is 14.6 Å². The predicted molar refractivity (Wildman–Crippen MR) is 124 cm³/mol. The Kier molecular flexibility index (Phi) is 6.01. The number of carbonyl (C=O) groups excluding carboxylic acids is 2. The van der Waals surface area contributed by atoms with E-state index < -0.39 is 28.4 Å². The molecule has 0 aromatic heterocycles. The Morgan fingerprint density at radius 1 is 0.971 bits per heavy atom. The standard InChI is InChI=1S/C25H20N2O7/c1-33-18-12-13-19(20(14-18)34-2)22-21(23(28)15-8-10-17(11-9-15)27(31)32)24(29)25(30)26(22)16-6-4-3-5-7-16/h3-14,22,28H,1-2H3/b23-21+. The molecule has 3 aromatic carbocycles. The number of aliphatic hydroxyl groups is 1. The number of nitrogens with zero attached hydrogens (tertiary/aromatic N) is 2. The number of anilines is 1. The van der Waals surface area contributed by atoms with E-state index in [0.29, 0.717) is 22.7 Å². The Balaban J connectivity index is 1.96. The van der Waals surface area contributed by atoms with Crippen LogP contribution in [0.25, 0.3) is 5.76 Å². The number of benzene rings is 3. The van der Waals surface area contributed by atoms with E-state index >= 15 is 0 Å². The number of nitro groups is 1. The molecule has 34 heavy (non-hydrogen) atoms. The van der Waals surface area contributed by atoms with Crippen LogP contribution in [0.4, 0.5) is 11.4 Å². The summed E-state index contributed by atoms with van der Waals surface area (Å²) in [4.78, 5) is 38.1. The maximum Gasteiger partial charge on any atom is 0.300 e. The van der Waals surface area contributed by atoms with E-state index in [1.165, 1.54) is 43.4 Å². The molecule has 1 N–H and O–H groups in total. The maximum atomic E-state index is 13.2. The molecular weight excluding hydrogens is 440 g/mol. The van der Waals surface area contributed by atoms with Gasteiger partial charge in [0.05, 0.1) is 30.8 Å². The van der Waals surface area contributed by atoms with Gasteiger partial charge in [0.2, 0.25) is 0 Å². The van der Waals surface area contributed by atoms with Crippen LogP contribution in [0.15, 0.2) is 78.4 Å². The lowest BCUT2D eigenvalue weighted by Gasteiger charge is -2.26. The van der Waals surface area contributed by atoms with Crippen molar-refractivity contribution < 1.29 is 29.1 Å². The third-order valence-corrected chi connectivity index (χ3v) is 5.57. The first-order valence-corrected chi connectivity index (χ1v) is 10.2. The summed E-state index contributed by atoms with van der Waals surface area (Å²) < 4.78 is 10.8. The molecule has 1 unspecified atom stereocenters. The molecule has 1 amide bonds. The smallest absolute Gasteiger partial charge is 0.300 e. The second-order valence-electron chi connectivity index (χ2n) is 7.42. The number of para-hydroxylation sites is 1. The number of non-ortho nitro benzene ring substituents is 1. The van der Waals surface area contributed by atoms with Crippen LogP contribution in [0, 0.1) is 10.1 Å². The fourth-order valence-corrected chi connectivity index (χ4v) is 3.92. The molecule has 9 nitrogen and oxygen atoms in total. The number of amides is 1. The third-order valence-electron chi connectivity index (χ3n) is 5.57. The van der Waals surface area contributed by atoms with Crippen LogP contribution < -0.4 is 14.4 Å². The summed E-state index contributed by atoms with van der Waals surface area (Å²) in [5, 5.41) is 22.1. The SMILES string of the molecule is COc1ccc(C2/C(=C(\O)c3ccc([N+](=O)[O-])cc3)C(=O)C(=O)N2c2ccccc2)c(OC)c1. The summed E-state index contributed by atoms with van der Waals surface area (Å²) in [5.74, 6) is -1.30. The Morgan fingerprint density at radius 3 is 2.24 bits per heavy atom. The molecule has 1 fully saturated rings. The zero-order valence-corrected chi connectivity index (χ0v) is 18.3. The van der Waals surface area contributed by atoms with Gasteiger partial charge in [-0.2, -0.15) is 0 Å². The van der Waals surface area contributed by atoms with Crippen LogP contribution in [0.1, 0.15) is 17.2 Å². The van der Waals surface area contributed by atoms with Crippen molar-refractivity contribution in [2.45, 2.75) is 6.04 Å². The third kappa shape index (κ3) is 3.83. The van der Waals surface area contributed by atoms with Crippen molar-refractivity contribution in [2.75, 3.05) is 19.1 Å². The Labute approximate surface area is 194 Å². The van der Waals surface area contributed by atoms with Gasteiger partial charge in [-0.05, 0) is 36.4 Å². The lowest BCUT2D eigenvalue weighted by molar-refractivity contribution is -0.384. The van der Waals surface area contributed by atoms with Crippen LogP contribution >= 0.6 is 0 Å². The van der Waals surface area contributed by atoms with E-state index in [1.54, 1.807) is 48.5 Å². The monoisotopic (exact) mass is 460 g/mol. The molecule has 9 heteroatoms. The number of hydrogen-bond acceptors (Lipinski definition) is 7. The molecule has 0 radical (unpaired) electrons. The molecule has 0 saturated carbocycles. The number of hydrogen-bond donors (Lipinski definition) is 1. The minimum absolute atomic E-state index is 0.161. The second kappa shape index (κ2) is 9.07. The second-order valence-corrected chi connectivity index (χ2v) is 7.42. The molecule has 1 saturated heterocycles. The fraction of sp³-hybridized carbons (Fsp3) is 0.120. The first-order chi connectivity index (χ1) is 16.4. The summed E-state index contributed by atoms with van der Waals surface area (Å²) in [7, 11) is 2.95. The fourth-order valence-electron chi connectivity index (χ4n) is 3.92. The van der Waals surface area contributed by atoms with Crippen LogP contribution in [0.5, 0.6) is 11.5 Å². The summed E-state index contributed by atoms with van der Waals surface area (Å²) >= 11 is 0. The van der Waals surface area contributed by atoms with E-state index in [-0.39, 0.29) is 16.8 Å². The van der Waals surface area contributed by atoms with Gasteiger partial charge in [0, 0.05) is 35.0 Å². The topological polar surface area (TPSA) is 119 Å². The van der Waals surface area contributed by atoms with Gasteiger partial charge >= 0.3 is 0 Å². The molecule has 3 aromatic rings. The molecule has 0 aliphatic carbocycles. The number of ether oxygens (including phenoxy) is 2. The average Bonchev–Trinajstić information content (AvgIpc) is 3.13. The van der Waals surface area contributed by atoms with Crippen molar-refractivity contribution in [1.82, 2.24) is 0 Å². The van der Waals surface area contributed by atoms with Gasteiger partial charge in [-0.15, -0.1) is 0 Å². The molecule has 1 aliphatic heterocycles. The Morgan fingerprint density at radius 2 is 1.65 bits per heavy atom. The van der Waals surface area contributed by atoms with E-state index in [9.17, 15) is 24.8 Å². The zero-order valence-electron chi connectivity index (χ0n) is 18.3.